The Morgan fingerprint density at radius 2 is 0.948 bits per heavy atom. The van der Waals surface area contributed by atoms with E-state index in [1.807, 2.05) is 30.0 Å². The lowest BCUT2D eigenvalue weighted by Crippen LogP contribution is -2.37. The Morgan fingerprint density at radius 1 is 0.379 bits per heavy atom. The second kappa shape index (κ2) is 13.1. The van der Waals surface area contributed by atoms with Crippen molar-refractivity contribution in [3.05, 3.63) is 222 Å². The summed E-state index contributed by atoms with van der Waals surface area (Å²) in [5.74, 6) is 2.49. The highest BCUT2D eigenvalue weighted by Crippen LogP contribution is 2.65. The van der Waals surface area contributed by atoms with Gasteiger partial charge in [0, 0.05) is 38.3 Å². The van der Waals surface area contributed by atoms with Gasteiger partial charge in [0.05, 0.1) is 5.41 Å². The number of aromatic nitrogens is 3. The van der Waals surface area contributed by atoms with Crippen LogP contribution >= 0.6 is 11.8 Å². The maximum absolute atomic E-state index is 5.21. The average Bonchev–Trinajstić information content (AvgIpc) is 3.57. The SMILES string of the molecule is C1=CC2c3cc4ccccc4cc3C3(c4ccccc4Sc4cc(-c5nc(-c6ccccc6)nc(-c6ccc(-c7ccc8ccccc8c7)cc6)n5)ccc43)C2C=C1. The van der Waals surface area contributed by atoms with Crippen LogP contribution in [0.5, 0.6) is 0 Å². The maximum atomic E-state index is 5.21. The van der Waals surface area contributed by atoms with Gasteiger partial charge in [0.15, 0.2) is 17.5 Å². The zero-order valence-corrected chi connectivity index (χ0v) is 32.3. The van der Waals surface area contributed by atoms with Crippen LogP contribution < -0.4 is 0 Å². The molecule has 4 heteroatoms. The third-order valence-electron chi connectivity index (χ3n) is 12.4. The van der Waals surface area contributed by atoms with E-state index in [4.69, 9.17) is 15.0 Å². The summed E-state index contributed by atoms with van der Waals surface area (Å²) >= 11 is 1.86. The Kier molecular flexibility index (Phi) is 7.51. The van der Waals surface area contributed by atoms with Gasteiger partial charge in [0.25, 0.3) is 0 Å². The number of benzene rings is 8. The molecule has 3 nitrogen and oxygen atoms in total. The molecule has 0 saturated carbocycles. The van der Waals surface area contributed by atoms with Crippen molar-refractivity contribution in [2.24, 2.45) is 5.92 Å². The summed E-state index contributed by atoms with van der Waals surface area (Å²) in [5.41, 5.74) is 10.4. The number of hydrogen-bond acceptors (Lipinski definition) is 4. The van der Waals surface area contributed by atoms with Crippen LogP contribution in [0, 0.1) is 5.92 Å². The van der Waals surface area contributed by atoms with Gasteiger partial charge in [-0.15, -0.1) is 0 Å². The molecule has 0 radical (unpaired) electrons. The summed E-state index contributed by atoms with van der Waals surface area (Å²) in [6.07, 6.45) is 9.34. The second-order valence-corrected chi connectivity index (χ2v) is 16.6. The molecule has 3 aliphatic rings. The highest BCUT2D eigenvalue weighted by atomic mass is 32.2. The molecule has 272 valence electrons. The lowest BCUT2D eigenvalue weighted by atomic mass is 9.62. The Hall–Kier alpha value is -6.88. The first-order valence-electron chi connectivity index (χ1n) is 19.9. The maximum Gasteiger partial charge on any atom is 0.164 e. The van der Waals surface area contributed by atoms with Gasteiger partial charge in [0.2, 0.25) is 0 Å². The van der Waals surface area contributed by atoms with Crippen molar-refractivity contribution in [1.29, 1.82) is 0 Å². The number of nitrogens with zero attached hydrogens (tertiary/aromatic N) is 3. The minimum absolute atomic E-state index is 0.238. The van der Waals surface area contributed by atoms with Gasteiger partial charge in [-0.05, 0) is 79.2 Å². The summed E-state index contributed by atoms with van der Waals surface area (Å²) in [7, 11) is 0. The third-order valence-corrected chi connectivity index (χ3v) is 13.6. The molecule has 1 aliphatic heterocycles. The van der Waals surface area contributed by atoms with Crippen LogP contribution in [0.4, 0.5) is 0 Å². The molecule has 12 rings (SSSR count). The van der Waals surface area contributed by atoms with Crippen LogP contribution in [0.1, 0.15) is 28.2 Å². The van der Waals surface area contributed by atoms with Gasteiger partial charge >= 0.3 is 0 Å². The number of rotatable bonds is 4. The van der Waals surface area contributed by atoms with E-state index in [0.29, 0.717) is 17.5 Å². The van der Waals surface area contributed by atoms with Gasteiger partial charge in [0.1, 0.15) is 0 Å². The van der Waals surface area contributed by atoms with Crippen molar-refractivity contribution in [2.75, 3.05) is 0 Å². The van der Waals surface area contributed by atoms with Crippen molar-refractivity contribution >= 4 is 33.3 Å². The molecule has 8 aromatic carbocycles. The summed E-state index contributed by atoms with van der Waals surface area (Å²) in [6.45, 7) is 0. The fraction of sp³-hybridized carbons (Fsp3) is 0.0556. The summed E-state index contributed by atoms with van der Waals surface area (Å²) < 4.78 is 0. The second-order valence-electron chi connectivity index (χ2n) is 15.5. The average molecular weight is 758 g/mol. The quantitative estimate of drug-likeness (QED) is 0.179. The van der Waals surface area contributed by atoms with Crippen molar-refractivity contribution in [2.45, 2.75) is 21.1 Å². The van der Waals surface area contributed by atoms with E-state index in [1.165, 1.54) is 59.2 Å². The molecule has 1 spiro atoms. The third kappa shape index (κ3) is 5.11. The Bertz CT molecular complexity index is 3170. The Balaban J connectivity index is 1.01. The minimum Gasteiger partial charge on any atom is -0.208 e. The van der Waals surface area contributed by atoms with Crippen molar-refractivity contribution < 1.29 is 0 Å². The molecule has 0 N–H and O–H groups in total. The van der Waals surface area contributed by atoms with E-state index in [9.17, 15) is 0 Å². The van der Waals surface area contributed by atoms with Gasteiger partial charge < -0.3 is 0 Å². The monoisotopic (exact) mass is 757 g/mol. The molecule has 2 aliphatic carbocycles. The van der Waals surface area contributed by atoms with Crippen LogP contribution in [0.25, 0.3) is 66.8 Å². The molecule has 9 aromatic rings. The minimum atomic E-state index is -0.354. The van der Waals surface area contributed by atoms with Crippen molar-refractivity contribution in [1.82, 2.24) is 15.0 Å². The van der Waals surface area contributed by atoms with Crippen LogP contribution in [0.2, 0.25) is 0 Å². The van der Waals surface area contributed by atoms with Gasteiger partial charge in [-0.3, -0.25) is 0 Å². The fourth-order valence-corrected chi connectivity index (χ4v) is 11.0. The molecule has 2 heterocycles. The summed E-state index contributed by atoms with van der Waals surface area (Å²) in [6, 6.07) is 63.7. The fourth-order valence-electron chi connectivity index (χ4n) is 9.77. The normalized spacial score (nSPS) is 18.6. The van der Waals surface area contributed by atoms with Gasteiger partial charge in [-0.1, -0.05) is 188 Å². The number of allylic oxidation sites excluding steroid dienone is 4. The Labute approximate surface area is 341 Å². The van der Waals surface area contributed by atoms with E-state index >= 15 is 0 Å². The molecule has 3 atom stereocenters. The van der Waals surface area contributed by atoms with E-state index in [2.05, 4.69) is 182 Å². The highest BCUT2D eigenvalue weighted by molar-refractivity contribution is 7.99. The highest BCUT2D eigenvalue weighted by Gasteiger charge is 2.56. The van der Waals surface area contributed by atoms with Gasteiger partial charge in [-0.25, -0.2) is 15.0 Å². The van der Waals surface area contributed by atoms with Crippen LogP contribution in [0.3, 0.4) is 0 Å². The molecule has 3 unspecified atom stereocenters. The number of hydrogen-bond donors (Lipinski definition) is 0. The molecule has 1 aromatic heterocycles. The van der Waals surface area contributed by atoms with Gasteiger partial charge in [-0.2, -0.15) is 0 Å². The summed E-state index contributed by atoms with van der Waals surface area (Å²) in [4.78, 5) is 18.0. The first-order valence-corrected chi connectivity index (χ1v) is 20.7. The largest absolute Gasteiger partial charge is 0.208 e. The molecule has 0 bridgehead atoms. The van der Waals surface area contributed by atoms with Crippen molar-refractivity contribution in [3.8, 4) is 45.3 Å². The van der Waals surface area contributed by atoms with E-state index < -0.39 is 0 Å². The lowest BCUT2D eigenvalue weighted by molar-refractivity contribution is 0.442. The Morgan fingerprint density at radius 3 is 1.74 bits per heavy atom. The molecule has 58 heavy (non-hydrogen) atoms. The standard InChI is InChI=1S/C54H35N3S/c1-2-13-36(14-3-1)51-55-52(37-25-22-35(23-26-37)41-27-24-34-12-4-5-15-38(34)30-41)57-53(56-51)42-28-29-47-50(33-42)58-49-21-11-10-20-46(49)54(47)45-19-9-8-18-43(45)44-31-39-16-6-7-17-40(39)32-48(44)54/h1-33,43,45H. The zero-order valence-electron chi connectivity index (χ0n) is 31.5. The molecular formula is C54H35N3S. The van der Waals surface area contributed by atoms with E-state index in [-0.39, 0.29) is 17.3 Å². The van der Waals surface area contributed by atoms with Crippen molar-refractivity contribution in [3.63, 3.8) is 0 Å². The first kappa shape index (κ1) is 33.3. The van der Waals surface area contributed by atoms with Crippen LogP contribution in [-0.4, -0.2) is 15.0 Å². The van der Waals surface area contributed by atoms with E-state index in [0.717, 1.165) is 22.3 Å². The van der Waals surface area contributed by atoms with Crippen LogP contribution in [-0.2, 0) is 5.41 Å². The first-order chi connectivity index (χ1) is 28.7. The predicted molar refractivity (Wildman–Crippen MR) is 238 cm³/mol. The number of fused-ring (bicyclic) bond motifs is 11. The lowest BCUT2D eigenvalue weighted by Gasteiger charge is -2.43. The predicted octanol–water partition coefficient (Wildman–Crippen LogP) is 13.5. The topological polar surface area (TPSA) is 38.7 Å². The van der Waals surface area contributed by atoms with Crippen LogP contribution in [0.15, 0.2) is 210 Å². The molecule has 0 saturated heterocycles. The van der Waals surface area contributed by atoms with E-state index in [1.54, 1.807) is 0 Å². The molecular weight excluding hydrogens is 723 g/mol. The molecule has 0 amide bonds. The smallest absolute Gasteiger partial charge is 0.164 e. The zero-order chi connectivity index (χ0) is 38.2. The molecule has 0 fully saturated rings. The summed E-state index contributed by atoms with van der Waals surface area (Å²) in [5, 5.41) is 5.03.